The lowest BCUT2D eigenvalue weighted by molar-refractivity contribution is 0.104. The zero-order valence-corrected chi connectivity index (χ0v) is 14.4. The second kappa shape index (κ2) is 6.43. The van der Waals surface area contributed by atoms with Gasteiger partial charge in [0.25, 0.3) is 0 Å². The first kappa shape index (κ1) is 15.6. The number of thiophene rings is 3. The Hall–Kier alpha value is -1.32. The van der Waals surface area contributed by atoms with E-state index in [1.165, 1.54) is 34.0 Å². The highest BCUT2D eigenvalue weighted by molar-refractivity contribution is 7.91. The van der Waals surface area contributed by atoms with Crippen molar-refractivity contribution in [3.8, 4) is 0 Å². The Morgan fingerprint density at radius 3 is 2.68 bits per heavy atom. The number of sulfonamides is 1. The van der Waals surface area contributed by atoms with Crippen molar-refractivity contribution in [2.24, 2.45) is 0 Å². The Morgan fingerprint density at radius 1 is 1.14 bits per heavy atom. The van der Waals surface area contributed by atoms with E-state index in [1.807, 2.05) is 5.38 Å². The van der Waals surface area contributed by atoms with Crippen LogP contribution in [0.25, 0.3) is 0 Å². The van der Waals surface area contributed by atoms with Crippen LogP contribution in [0.1, 0.15) is 20.1 Å². The molecule has 0 fully saturated rings. The van der Waals surface area contributed by atoms with E-state index in [0.717, 1.165) is 4.88 Å². The molecule has 0 aliphatic rings. The van der Waals surface area contributed by atoms with Gasteiger partial charge in [0.2, 0.25) is 15.8 Å². The zero-order chi connectivity index (χ0) is 15.6. The van der Waals surface area contributed by atoms with Crippen LogP contribution in [-0.2, 0) is 16.6 Å². The lowest BCUT2D eigenvalue weighted by Crippen LogP contribution is -2.21. The smallest absolute Gasteiger partial charge is 0.250 e. The van der Waals surface area contributed by atoms with Gasteiger partial charge in [0.1, 0.15) is 4.21 Å². The average molecular weight is 370 g/mol. The number of nitrogens with one attached hydrogen (secondary N) is 1. The van der Waals surface area contributed by atoms with Gasteiger partial charge < -0.3 is 0 Å². The van der Waals surface area contributed by atoms with Gasteiger partial charge in [-0.15, -0.1) is 22.7 Å². The lowest BCUT2D eigenvalue weighted by atomic mass is 10.2. The van der Waals surface area contributed by atoms with Crippen molar-refractivity contribution in [2.45, 2.75) is 10.8 Å². The van der Waals surface area contributed by atoms with E-state index in [-0.39, 0.29) is 12.3 Å². The van der Waals surface area contributed by atoms with Crippen molar-refractivity contribution in [2.75, 3.05) is 0 Å². The molecule has 0 radical (unpaired) electrons. The van der Waals surface area contributed by atoms with Crippen LogP contribution in [-0.4, -0.2) is 14.2 Å². The van der Waals surface area contributed by atoms with Gasteiger partial charge in [0, 0.05) is 22.4 Å². The third-order valence-corrected chi connectivity index (χ3v) is 7.43. The van der Waals surface area contributed by atoms with Gasteiger partial charge in [0.05, 0.1) is 4.88 Å². The molecule has 0 aromatic carbocycles. The molecule has 1 N–H and O–H groups in total. The minimum absolute atomic E-state index is 0.0291. The molecule has 4 nitrogen and oxygen atoms in total. The molecule has 114 valence electrons. The van der Waals surface area contributed by atoms with E-state index in [1.54, 1.807) is 41.1 Å². The predicted octanol–water partition coefficient (Wildman–Crippen LogP) is 3.58. The molecule has 0 saturated carbocycles. The van der Waals surface area contributed by atoms with Gasteiger partial charge in [0.15, 0.2) is 0 Å². The Labute approximate surface area is 140 Å². The monoisotopic (exact) mass is 369 g/mol. The largest absolute Gasteiger partial charge is 0.288 e. The molecule has 0 aliphatic carbocycles. The molecule has 0 spiro atoms. The topological polar surface area (TPSA) is 63.2 Å². The van der Waals surface area contributed by atoms with Crippen LogP contribution in [0.15, 0.2) is 50.7 Å². The standard InChI is InChI=1S/C14H11NO3S4/c16-14(10-5-7-19-9-10)12-4-3-11(21-12)8-15-22(17,18)13-2-1-6-20-13/h1-7,9,15H,8H2. The molecule has 3 aromatic heterocycles. The summed E-state index contributed by atoms with van der Waals surface area (Å²) in [6.45, 7) is 0.182. The molecular weight excluding hydrogens is 358 g/mol. The third-order valence-electron chi connectivity index (χ3n) is 2.87. The van der Waals surface area contributed by atoms with Crippen molar-refractivity contribution in [1.29, 1.82) is 0 Å². The first-order valence-corrected chi connectivity index (χ1v) is 10.4. The first-order chi connectivity index (χ1) is 10.6. The quantitative estimate of drug-likeness (QED) is 0.676. The SMILES string of the molecule is O=C(c1ccsc1)c1ccc(CNS(=O)(=O)c2cccs2)s1. The fourth-order valence-electron chi connectivity index (χ4n) is 1.78. The maximum absolute atomic E-state index is 12.2. The minimum atomic E-state index is -3.48. The van der Waals surface area contributed by atoms with Crippen molar-refractivity contribution >= 4 is 49.8 Å². The Morgan fingerprint density at radius 2 is 2.00 bits per heavy atom. The number of ketones is 1. The van der Waals surface area contributed by atoms with Crippen LogP contribution in [0, 0.1) is 0 Å². The second-order valence-corrected chi connectivity index (χ2v) is 9.25. The van der Waals surface area contributed by atoms with Crippen molar-refractivity contribution < 1.29 is 13.2 Å². The van der Waals surface area contributed by atoms with E-state index < -0.39 is 10.0 Å². The molecule has 0 saturated heterocycles. The summed E-state index contributed by atoms with van der Waals surface area (Å²) in [4.78, 5) is 13.6. The number of carbonyl (C=O) groups is 1. The number of carbonyl (C=O) groups excluding carboxylic acids is 1. The third kappa shape index (κ3) is 3.36. The van der Waals surface area contributed by atoms with Crippen LogP contribution < -0.4 is 4.72 Å². The van der Waals surface area contributed by atoms with Gasteiger partial charge in [-0.2, -0.15) is 11.3 Å². The average Bonchev–Trinajstić information content (AvgIpc) is 3.26. The summed E-state index contributed by atoms with van der Waals surface area (Å²) in [7, 11) is -3.48. The molecule has 0 aliphatic heterocycles. The predicted molar refractivity (Wildman–Crippen MR) is 90.4 cm³/mol. The summed E-state index contributed by atoms with van der Waals surface area (Å²) >= 11 is 3.96. The first-order valence-electron chi connectivity index (χ1n) is 6.25. The van der Waals surface area contributed by atoms with E-state index >= 15 is 0 Å². The van der Waals surface area contributed by atoms with Gasteiger partial charge >= 0.3 is 0 Å². The van der Waals surface area contributed by atoms with Crippen LogP contribution in [0.3, 0.4) is 0 Å². The molecule has 3 aromatic rings. The molecule has 22 heavy (non-hydrogen) atoms. The Kier molecular flexibility index (Phi) is 4.55. The molecule has 0 bridgehead atoms. The number of hydrogen-bond donors (Lipinski definition) is 1. The van der Waals surface area contributed by atoms with Crippen LogP contribution >= 0.6 is 34.0 Å². The number of hydrogen-bond acceptors (Lipinski definition) is 6. The normalized spacial score (nSPS) is 11.6. The van der Waals surface area contributed by atoms with Crippen LogP contribution in [0.5, 0.6) is 0 Å². The summed E-state index contributed by atoms with van der Waals surface area (Å²) < 4.78 is 26.9. The van der Waals surface area contributed by atoms with E-state index in [2.05, 4.69) is 4.72 Å². The van der Waals surface area contributed by atoms with Crippen LogP contribution in [0.4, 0.5) is 0 Å². The van der Waals surface area contributed by atoms with E-state index in [9.17, 15) is 13.2 Å². The fourth-order valence-corrected chi connectivity index (χ4v) is 5.47. The lowest BCUT2D eigenvalue weighted by Gasteiger charge is -2.02. The van der Waals surface area contributed by atoms with Gasteiger partial charge in [-0.3, -0.25) is 4.79 Å². The minimum Gasteiger partial charge on any atom is -0.288 e. The molecule has 3 rings (SSSR count). The number of rotatable bonds is 6. The molecule has 8 heteroatoms. The maximum Gasteiger partial charge on any atom is 0.250 e. The van der Waals surface area contributed by atoms with Crippen LogP contribution in [0.2, 0.25) is 0 Å². The summed E-state index contributed by atoms with van der Waals surface area (Å²) in [6.07, 6.45) is 0. The molecule has 0 atom stereocenters. The Bertz CT molecular complexity index is 861. The molecule has 0 amide bonds. The van der Waals surface area contributed by atoms with Gasteiger partial charge in [-0.05, 0) is 35.0 Å². The molecular formula is C14H11NO3S4. The molecule has 0 unspecified atom stereocenters. The summed E-state index contributed by atoms with van der Waals surface area (Å²) in [5.74, 6) is -0.0291. The van der Waals surface area contributed by atoms with E-state index in [4.69, 9.17) is 0 Å². The highest BCUT2D eigenvalue weighted by Crippen LogP contribution is 2.22. The maximum atomic E-state index is 12.2. The molecule has 3 heterocycles. The van der Waals surface area contributed by atoms with Crippen molar-refractivity contribution in [3.63, 3.8) is 0 Å². The van der Waals surface area contributed by atoms with Crippen molar-refractivity contribution in [1.82, 2.24) is 4.72 Å². The summed E-state index contributed by atoms with van der Waals surface area (Å²) in [5, 5.41) is 5.38. The zero-order valence-electron chi connectivity index (χ0n) is 11.2. The summed E-state index contributed by atoms with van der Waals surface area (Å²) in [6, 6.07) is 8.56. The van der Waals surface area contributed by atoms with Crippen molar-refractivity contribution in [3.05, 3.63) is 61.8 Å². The highest BCUT2D eigenvalue weighted by atomic mass is 32.2. The summed E-state index contributed by atoms with van der Waals surface area (Å²) in [5.41, 5.74) is 0.664. The fraction of sp³-hybridized carbons (Fsp3) is 0.0714. The second-order valence-electron chi connectivity index (χ2n) is 4.36. The van der Waals surface area contributed by atoms with E-state index in [0.29, 0.717) is 14.6 Å². The van der Waals surface area contributed by atoms with Gasteiger partial charge in [-0.1, -0.05) is 6.07 Å². The highest BCUT2D eigenvalue weighted by Gasteiger charge is 2.16. The Balaban J connectivity index is 1.69. The van der Waals surface area contributed by atoms with Gasteiger partial charge in [-0.25, -0.2) is 13.1 Å².